The number of ether oxygens (including phenoxy) is 1. The van der Waals surface area contributed by atoms with Crippen molar-refractivity contribution in [2.75, 3.05) is 25.9 Å². The van der Waals surface area contributed by atoms with Crippen LogP contribution in [0, 0.1) is 74.9 Å². The predicted octanol–water partition coefficient (Wildman–Crippen LogP) is 10.3. The lowest BCUT2D eigenvalue weighted by Gasteiger charge is -2.73. The number of carbonyl (C=O) groups is 2. The van der Waals surface area contributed by atoms with E-state index in [1.807, 2.05) is 26.1 Å². The van der Waals surface area contributed by atoms with Crippen LogP contribution in [0.25, 0.3) is 0 Å². The van der Waals surface area contributed by atoms with Crippen molar-refractivity contribution in [3.63, 3.8) is 0 Å². The molecule has 2 aromatic carbocycles. The SMILES string of the molecule is CNCc1cc(O)cc([C@@H]2C[C@@]3(C)[C@H]4CCC5=C6C(=O)C[C@]5(C)[C@]4(C[C@@H]4NC[C@](C)(O)CCCC[C@@](C)(C2=O)[C@H]43)[C@@H](CO)CC[C@H]2CCC[C@@H]3CC[C@@H]([C@@H](O)[C@H]4O[C@]4(C)[C@H]4CCC[C@@H]4c4cccc(N)c4)[C@H]6[C@@H]32)c1. The number of carbonyl (C=O) groups excluding carboxylic acids is 2. The average Bonchev–Trinajstić information content (AvgIpc) is 3.68. The molecule has 2 heterocycles. The fourth-order valence-corrected chi connectivity index (χ4v) is 21.7. The molecule has 0 radical (unpaired) electrons. The van der Waals surface area contributed by atoms with E-state index in [4.69, 9.17) is 10.5 Å². The summed E-state index contributed by atoms with van der Waals surface area (Å²) < 4.78 is 6.92. The van der Waals surface area contributed by atoms with Gasteiger partial charge in [0.25, 0.3) is 0 Å². The summed E-state index contributed by atoms with van der Waals surface area (Å²) in [6.45, 7) is 12.5. The quantitative estimate of drug-likeness (QED) is 0.0995. The Balaban J connectivity index is 0.990. The zero-order valence-electron chi connectivity index (χ0n) is 45.8. The molecule has 10 heteroatoms. The van der Waals surface area contributed by atoms with E-state index in [1.54, 1.807) is 6.07 Å². The van der Waals surface area contributed by atoms with Crippen LogP contribution in [0.1, 0.15) is 185 Å². The molecule has 12 rings (SSSR count). The number of rotatable bonds is 8. The van der Waals surface area contributed by atoms with Crippen LogP contribution in [0.15, 0.2) is 53.6 Å². The zero-order valence-corrected chi connectivity index (χ0v) is 45.8. The molecule has 20 atom stereocenters. The summed E-state index contributed by atoms with van der Waals surface area (Å²) in [5.41, 5.74) is 9.14. The van der Waals surface area contributed by atoms with Crippen LogP contribution < -0.4 is 16.4 Å². The van der Waals surface area contributed by atoms with Crippen LogP contribution in [0.2, 0.25) is 0 Å². The van der Waals surface area contributed by atoms with Crippen molar-refractivity contribution in [1.29, 1.82) is 0 Å². The first-order valence-corrected chi connectivity index (χ1v) is 29.9. The number of nitrogen functional groups attached to an aromatic ring is 1. The first kappa shape index (κ1) is 51.6. The van der Waals surface area contributed by atoms with Crippen LogP contribution in [-0.2, 0) is 20.9 Å². The van der Waals surface area contributed by atoms with Gasteiger partial charge in [-0.1, -0.05) is 83.1 Å². The lowest BCUT2D eigenvalue weighted by atomic mass is 9.31. The third kappa shape index (κ3) is 7.71. The number of phenolic OH excluding ortho intramolecular Hbond substituents is 1. The molecule has 0 amide bonds. The number of allylic oxidation sites excluding steroid dienone is 2. The number of hydrogen-bond donors (Lipinski definition) is 7. The second-order valence-corrected chi connectivity index (χ2v) is 28.1. The van der Waals surface area contributed by atoms with Gasteiger partial charge in [-0.15, -0.1) is 0 Å². The van der Waals surface area contributed by atoms with Crippen molar-refractivity contribution in [3.8, 4) is 5.75 Å². The van der Waals surface area contributed by atoms with Gasteiger partial charge in [-0.05, 0) is 214 Å². The molecule has 10 nitrogen and oxygen atoms in total. The van der Waals surface area contributed by atoms with E-state index in [0.29, 0.717) is 56.0 Å². The Labute approximate surface area is 442 Å². The molecule has 2 aliphatic heterocycles. The molecule has 4 bridgehead atoms. The van der Waals surface area contributed by atoms with Crippen LogP contribution in [-0.4, -0.2) is 81.6 Å². The number of β-amino-alcohol motifs (C(OH)–C–C–N with tert-alkyl or cyclic N) is 1. The molecule has 404 valence electrons. The van der Waals surface area contributed by atoms with Crippen molar-refractivity contribution in [2.45, 2.75) is 204 Å². The lowest BCUT2D eigenvalue weighted by Crippen LogP contribution is -2.73. The number of anilines is 1. The maximum atomic E-state index is 16.0. The highest BCUT2D eigenvalue weighted by Crippen LogP contribution is 2.78. The number of aliphatic hydroxyl groups excluding tert-OH is 2. The first-order valence-electron chi connectivity index (χ1n) is 29.9. The highest BCUT2D eigenvalue weighted by atomic mass is 16.6. The summed E-state index contributed by atoms with van der Waals surface area (Å²) in [7, 11) is 1.91. The van der Waals surface area contributed by atoms with E-state index in [2.05, 4.69) is 62.6 Å². The molecule has 8 aliphatic carbocycles. The molecule has 10 aliphatic rings. The Kier molecular flexibility index (Phi) is 12.9. The number of hydrogen-bond acceptors (Lipinski definition) is 10. The average molecular weight is 1010 g/mol. The van der Waals surface area contributed by atoms with Gasteiger partial charge in [-0.3, -0.25) is 9.59 Å². The molecule has 8 fully saturated rings. The minimum atomic E-state index is -0.922. The molecule has 2 saturated heterocycles. The van der Waals surface area contributed by atoms with Crippen LogP contribution in [0.4, 0.5) is 5.69 Å². The van der Waals surface area contributed by atoms with Gasteiger partial charge in [0.1, 0.15) is 17.6 Å². The first-order chi connectivity index (χ1) is 35.3. The van der Waals surface area contributed by atoms with E-state index in [9.17, 15) is 20.4 Å². The van der Waals surface area contributed by atoms with Gasteiger partial charge in [-0.25, -0.2) is 0 Å². The molecule has 0 unspecified atom stereocenters. The summed E-state index contributed by atoms with van der Waals surface area (Å²) in [4.78, 5) is 31.8. The van der Waals surface area contributed by atoms with E-state index in [-0.39, 0.29) is 71.6 Å². The number of nitrogens with two attached hydrogens (primary N) is 1. The van der Waals surface area contributed by atoms with Gasteiger partial charge >= 0.3 is 0 Å². The number of fused-ring (bicyclic) bond motifs is 2. The third-order valence-electron chi connectivity index (χ3n) is 24.4. The van der Waals surface area contributed by atoms with Gasteiger partial charge in [0, 0.05) is 54.6 Å². The second-order valence-electron chi connectivity index (χ2n) is 28.1. The maximum absolute atomic E-state index is 16.0. The molecule has 2 aromatic rings. The number of ketones is 2. The van der Waals surface area contributed by atoms with Crippen molar-refractivity contribution in [2.24, 2.45) is 74.9 Å². The maximum Gasteiger partial charge on any atom is 0.160 e. The summed E-state index contributed by atoms with van der Waals surface area (Å²) in [5, 5.41) is 56.1. The minimum absolute atomic E-state index is 0.0364. The molecular weight excluding hydrogens is 923 g/mol. The standard InChI is InChI=1S/C64H91N3O7/c1-59(73)24-7-8-25-60(2)56-49(67-35-59)31-64-41(34-68)20-18-37-12-9-13-38-19-21-45(55(71)58-63(5,74-58)47-17-11-16-44(47)39-14-10-15-42(65)28-39)53(52(37)38)54-48(62(64,4)32-50(54)70)22-23-51(64)61(56,3)30-46(57(60)72)40-26-36(33-66-6)27-43(69)29-40/h10,14-15,26-29,37-38,41,44-47,49,51-53,55-56,58,66-69,71,73H,7-9,11-13,16-25,30-35,65H2,1-6H3/t37-,38-,41-,44-,45-,46+,47+,49+,51-,52-,53+,55-,56+,58-,59-,60-,61+,62+,63-,64-/m1/s1. The second kappa shape index (κ2) is 18.5. The van der Waals surface area contributed by atoms with Crippen LogP contribution in [0.3, 0.4) is 0 Å². The van der Waals surface area contributed by atoms with Crippen molar-refractivity contribution in [1.82, 2.24) is 10.6 Å². The van der Waals surface area contributed by atoms with E-state index >= 15 is 9.59 Å². The summed E-state index contributed by atoms with van der Waals surface area (Å²) in [6, 6.07) is 14.0. The number of aromatic hydroxyl groups is 1. The normalized spacial score (nSPS) is 47.3. The monoisotopic (exact) mass is 1010 g/mol. The lowest BCUT2D eigenvalue weighted by molar-refractivity contribution is -0.226. The van der Waals surface area contributed by atoms with Crippen molar-refractivity contribution >= 4 is 17.3 Å². The van der Waals surface area contributed by atoms with Gasteiger partial charge in [0.15, 0.2) is 5.78 Å². The Hall–Kier alpha value is -3.12. The summed E-state index contributed by atoms with van der Waals surface area (Å²) in [6.07, 6.45) is 16.2. The Morgan fingerprint density at radius 1 is 0.865 bits per heavy atom. The Morgan fingerprint density at radius 3 is 2.38 bits per heavy atom. The highest BCUT2D eigenvalue weighted by Gasteiger charge is 2.76. The van der Waals surface area contributed by atoms with Crippen LogP contribution in [0.5, 0.6) is 5.75 Å². The van der Waals surface area contributed by atoms with Crippen molar-refractivity contribution < 1.29 is 34.8 Å². The fraction of sp³-hybridized carbons (Fsp3) is 0.750. The molecule has 6 saturated carbocycles. The largest absolute Gasteiger partial charge is 0.508 e. The number of benzene rings is 2. The molecule has 0 aromatic heterocycles. The number of nitrogens with one attached hydrogen (secondary N) is 2. The van der Waals surface area contributed by atoms with Crippen LogP contribution >= 0.6 is 0 Å². The smallest absolute Gasteiger partial charge is 0.160 e. The fourth-order valence-electron chi connectivity index (χ4n) is 21.7. The van der Waals surface area contributed by atoms with Gasteiger partial charge in [-0.2, -0.15) is 0 Å². The predicted molar refractivity (Wildman–Crippen MR) is 289 cm³/mol. The summed E-state index contributed by atoms with van der Waals surface area (Å²) in [5.74, 6) is 2.01. The molecule has 1 spiro atoms. The minimum Gasteiger partial charge on any atom is -0.508 e. The molecule has 8 N–H and O–H groups in total. The van der Waals surface area contributed by atoms with Crippen molar-refractivity contribution in [3.05, 3.63) is 70.3 Å². The molecular formula is C64H91N3O7. The zero-order chi connectivity index (χ0) is 51.9. The van der Waals surface area contributed by atoms with E-state index < -0.39 is 44.9 Å². The Bertz CT molecular complexity index is 2560. The highest BCUT2D eigenvalue weighted by molar-refractivity contribution is 6.01. The molecule has 74 heavy (non-hydrogen) atoms. The van der Waals surface area contributed by atoms with Gasteiger partial charge < -0.3 is 41.5 Å². The van der Waals surface area contributed by atoms with E-state index in [1.165, 1.54) is 24.0 Å². The summed E-state index contributed by atoms with van der Waals surface area (Å²) >= 11 is 0. The number of Topliss-reactive ketones (excluding diaryl/α,β-unsaturated/α-hetero) is 2. The number of phenols is 1. The third-order valence-corrected chi connectivity index (χ3v) is 24.4. The van der Waals surface area contributed by atoms with E-state index in [0.717, 1.165) is 112 Å². The topological polar surface area (TPSA) is 178 Å². The van der Waals surface area contributed by atoms with Gasteiger partial charge in [0.2, 0.25) is 0 Å². The Morgan fingerprint density at radius 2 is 1.62 bits per heavy atom. The van der Waals surface area contributed by atoms with Gasteiger partial charge in [0.05, 0.1) is 17.3 Å². The number of epoxide rings is 1. The number of aliphatic hydroxyl groups is 3.